The van der Waals surface area contributed by atoms with E-state index in [4.69, 9.17) is 15.0 Å². The van der Waals surface area contributed by atoms with Crippen LogP contribution in [0, 0.1) is 6.92 Å². The van der Waals surface area contributed by atoms with E-state index >= 15 is 0 Å². The number of rotatable bonds is 4. The highest BCUT2D eigenvalue weighted by atomic mass is 16.5. The van der Waals surface area contributed by atoms with Gasteiger partial charge >= 0.3 is 0 Å². The van der Waals surface area contributed by atoms with E-state index in [1.54, 1.807) is 36.1 Å². The molecule has 1 spiro atoms. The second kappa shape index (κ2) is 11.3. The first-order valence-electron chi connectivity index (χ1n) is 12.2. The van der Waals surface area contributed by atoms with Gasteiger partial charge in [-0.15, -0.1) is 0 Å². The number of hydrogen-bond acceptors (Lipinski definition) is 8. The Morgan fingerprint density at radius 3 is 2.55 bits per heavy atom. The molecule has 3 heterocycles. The zero-order valence-electron chi connectivity index (χ0n) is 21.0. The summed E-state index contributed by atoms with van der Waals surface area (Å²) < 4.78 is 10.8. The van der Waals surface area contributed by atoms with Gasteiger partial charge < -0.3 is 35.8 Å². The number of primary amides is 1. The maximum absolute atomic E-state index is 13.4. The molecule has 1 unspecified atom stereocenters. The van der Waals surface area contributed by atoms with Gasteiger partial charge in [-0.05, 0) is 31.9 Å². The lowest BCUT2D eigenvalue weighted by Gasteiger charge is -2.42. The summed E-state index contributed by atoms with van der Waals surface area (Å²) in [6.07, 6.45) is -0.0312. The SMILES string of the molecule is Cc1noc2c1C(=O)NC1(CCN(C(=O)COc3ccccc3)CC1)CC(=O)NC(C(N)=O)CC(=O)NC2. The molecule has 0 radical (unpaired) electrons. The predicted octanol–water partition coefficient (Wildman–Crippen LogP) is -0.467. The maximum atomic E-state index is 13.4. The molecule has 5 N–H and O–H groups in total. The predicted molar refractivity (Wildman–Crippen MR) is 131 cm³/mol. The van der Waals surface area contributed by atoms with Gasteiger partial charge in [-0.2, -0.15) is 0 Å². The molecule has 1 atom stereocenters. The van der Waals surface area contributed by atoms with Gasteiger partial charge in [-0.1, -0.05) is 23.4 Å². The Morgan fingerprint density at radius 2 is 1.87 bits per heavy atom. The lowest BCUT2D eigenvalue weighted by atomic mass is 9.83. The quantitative estimate of drug-likeness (QED) is 0.412. The summed E-state index contributed by atoms with van der Waals surface area (Å²) >= 11 is 0. The highest BCUT2D eigenvalue weighted by Gasteiger charge is 2.41. The van der Waals surface area contributed by atoms with Crippen molar-refractivity contribution in [2.45, 2.75) is 50.7 Å². The number of carbonyl (C=O) groups is 5. The standard InChI is InChI=1S/C25H30N6O7/c1-15-22-18(38-30-15)13-27-19(32)11-17(23(26)35)28-20(33)12-25(29-24(22)36)7-9-31(10-8-25)21(34)14-37-16-5-3-2-4-6-16/h2-6,17H,7-14H2,1H3,(H2,26,35)(H,27,32)(H,28,33)(H,29,36). The highest BCUT2D eigenvalue weighted by Crippen LogP contribution is 2.28. The summed E-state index contributed by atoms with van der Waals surface area (Å²) in [5.41, 5.74) is 4.85. The number of benzene rings is 1. The van der Waals surface area contributed by atoms with E-state index in [-0.39, 0.29) is 69.2 Å². The van der Waals surface area contributed by atoms with Crippen molar-refractivity contribution in [1.29, 1.82) is 0 Å². The number of hydrogen-bond donors (Lipinski definition) is 4. The van der Waals surface area contributed by atoms with Gasteiger partial charge in [-0.25, -0.2) is 0 Å². The molecule has 1 fully saturated rings. The smallest absolute Gasteiger partial charge is 0.260 e. The molecule has 1 saturated heterocycles. The number of likely N-dealkylation sites (tertiary alicyclic amines) is 1. The molecule has 13 heteroatoms. The van der Waals surface area contributed by atoms with Crippen molar-refractivity contribution in [2.75, 3.05) is 19.7 Å². The molecule has 1 aromatic carbocycles. The summed E-state index contributed by atoms with van der Waals surface area (Å²) in [6, 6.07) is 7.73. The number of amides is 5. The van der Waals surface area contributed by atoms with Gasteiger partial charge in [0.1, 0.15) is 17.4 Å². The van der Waals surface area contributed by atoms with Crippen LogP contribution in [0.2, 0.25) is 0 Å². The van der Waals surface area contributed by atoms with Crippen LogP contribution in [0.15, 0.2) is 34.9 Å². The first kappa shape index (κ1) is 26.6. The summed E-state index contributed by atoms with van der Waals surface area (Å²) in [6.45, 7) is 1.84. The Balaban J connectivity index is 1.52. The molecule has 2 aliphatic rings. The van der Waals surface area contributed by atoms with Crippen molar-refractivity contribution in [3.63, 3.8) is 0 Å². The van der Waals surface area contributed by atoms with Crippen molar-refractivity contribution in [3.8, 4) is 5.75 Å². The maximum Gasteiger partial charge on any atom is 0.260 e. The van der Waals surface area contributed by atoms with E-state index in [1.807, 2.05) is 6.07 Å². The molecule has 0 saturated carbocycles. The number of nitrogens with two attached hydrogens (primary N) is 1. The Labute approximate surface area is 218 Å². The normalized spacial score (nSPS) is 20.1. The van der Waals surface area contributed by atoms with Crippen LogP contribution in [0.4, 0.5) is 0 Å². The molecule has 38 heavy (non-hydrogen) atoms. The van der Waals surface area contributed by atoms with Crippen LogP contribution in [-0.4, -0.2) is 70.9 Å². The van der Waals surface area contributed by atoms with Crippen molar-refractivity contribution < 1.29 is 33.2 Å². The average molecular weight is 527 g/mol. The summed E-state index contributed by atoms with van der Waals surface area (Å²) in [7, 11) is 0. The van der Waals surface area contributed by atoms with Crippen LogP contribution in [-0.2, 0) is 25.7 Å². The zero-order valence-corrected chi connectivity index (χ0v) is 21.0. The van der Waals surface area contributed by atoms with Crippen LogP contribution < -0.4 is 26.4 Å². The molecule has 0 bridgehead atoms. The zero-order chi connectivity index (χ0) is 27.3. The number of para-hydroxylation sites is 1. The van der Waals surface area contributed by atoms with E-state index in [0.29, 0.717) is 11.4 Å². The van der Waals surface area contributed by atoms with Gasteiger partial charge in [0.05, 0.1) is 24.2 Å². The lowest BCUT2D eigenvalue weighted by Crippen LogP contribution is -2.59. The van der Waals surface area contributed by atoms with Crippen LogP contribution in [0.3, 0.4) is 0 Å². The third-order valence-corrected chi connectivity index (χ3v) is 6.73. The minimum absolute atomic E-state index is 0.140. The number of aromatic nitrogens is 1. The van der Waals surface area contributed by atoms with E-state index in [2.05, 4.69) is 21.1 Å². The molecule has 0 aliphatic carbocycles. The average Bonchev–Trinajstić information content (AvgIpc) is 3.26. The highest BCUT2D eigenvalue weighted by molar-refractivity contribution is 5.97. The molecule has 2 aliphatic heterocycles. The van der Waals surface area contributed by atoms with Gasteiger partial charge in [0, 0.05) is 19.5 Å². The largest absolute Gasteiger partial charge is 0.484 e. The van der Waals surface area contributed by atoms with Crippen LogP contribution >= 0.6 is 0 Å². The summed E-state index contributed by atoms with van der Waals surface area (Å²) in [4.78, 5) is 65.0. The van der Waals surface area contributed by atoms with E-state index in [0.717, 1.165) is 0 Å². The fourth-order valence-corrected chi connectivity index (χ4v) is 4.63. The molecule has 5 amide bonds. The van der Waals surface area contributed by atoms with Crippen LogP contribution in [0.5, 0.6) is 5.75 Å². The second-order valence-corrected chi connectivity index (χ2v) is 9.46. The number of carbonyl (C=O) groups excluding carboxylic acids is 5. The van der Waals surface area contributed by atoms with E-state index < -0.39 is 35.2 Å². The van der Waals surface area contributed by atoms with Crippen molar-refractivity contribution in [3.05, 3.63) is 47.3 Å². The Bertz CT molecular complexity index is 1220. The second-order valence-electron chi connectivity index (χ2n) is 9.46. The number of aryl methyl sites for hydroxylation is 1. The van der Waals surface area contributed by atoms with E-state index in [9.17, 15) is 24.0 Å². The third kappa shape index (κ3) is 6.28. The lowest BCUT2D eigenvalue weighted by molar-refractivity contribution is -0.135. The number of nitrogens with one attached hydrogen (secondary N) is 3. The third-order valence-electron chi connectivity index (χ3n) is 6.73. The summed E-state index contributed by atoms with van der Waals surface area (Å²) in [5.74, 6) is -2.01. The first-order chi connectivity index (χ1) is 18.2. The number of nitrogens with zero attached hydrogens (tertiary/aromatic N) is 2. The molecule has 4 rings (SSSR count). The van der Waals surface area contributed by atoms with Gasteiger partial charge in [0.25, 0.3) is 11.8 Å². The molecule has 1 aromatic heterocycles. The van der Waals surface area contributed by atoms with Crippen LogP contribution in [0.1, 0.15) is 47.5 Å². The molecular formula is C25H30N6O7. The van der Waals surface area contributed by atoms with Gasteiger partial charge in [0.15, 0.2) is 12.4 Å². The van der Waals surface area contributed by atoms with Crippen molar-refractivity contribution in [2.24, 2.45) is 5.73 Å². The molecule has 2 aromatic rings. The number of fused-ring (bicyclic) bond motifs is 1. The minimum Gasteiger partial charge on any atom is -0.484 e. The Morgan fingerprint density at radius 1 is 1.16 bits per heavy atom. The monoisotopic (exact) mass is 526 g/mol. The fraction of sp³-hybridized carbons (Fsp3) is 0.440. The van der Waals surface area contributed by atoms with Crippen molar-refractivity contribution in [1.82, 2.24) is 26.0 Å². The van der Waals surface area contributed by atoms with Crippen LogP contribution in [0.25, 0.3) is 0 Å². The topological polar surface area (TPSA) is 186 Å². The molecular weight excluding hydrogens is 496 g/mol. The van der Waals surface area contributed by atoms with E-state index in [1.165, 1.54) is 0 Å². The Hall–Kier alpha value is -4.42. The Kier molecular flexibility index (Phi) is 7.93. The molecule has 13 nitrogen and oxygen atoms in total. The number of ether oxygens (including phenoxy) is 1. The number of piperidine rings is 1. The van der Waals surface area contributed by atoms with Gasteiger partial charge in [-0.3, -0.25) is 24.0 Å². The van der Waals surface area contributed by atoms with Crippen molar-refractivity contribution >= 4 is 29.5 Å². The molecule has 202 valence electrons. The minimum atomic E-state index is -1.23. The summed E-state index contributed by atoms with van der Waals surface area (Å²) in [5, 5.41) is 11.9. The fourth-order valence-electron chi connectivity index (χ4n) is 4.63. The van der Waals surface area contributed by atoms with Gasteiger partial charge in [0.2, 0.25) is 17.7 Å². The first-order valence-corrected chi connectivity index (χ1v) is 12.2.